The number of amides is 2. The molecule has 8 heteroatoms. The van der Waals surface area contributed by atoms with Gasteiger partial charge in [0.2, 0.25) is 0 Å². The van der Waals surface area contributed by atoms with Crippen molar-refractivity contribution in [2.24, 2.45) is 5.10 Å². The van der Waals surface area contributed by atoms with Crippen LogP contribution in [0.25, 0.3) is 0 Å². The second-order valence-corrected chi connectivity index (χ2v) is 7.42. The second kappa shape index (κ2) is 10.9. The molecule has 0 aliphatic heterocycles. The highest BCUT2D eigenvalue weighted by Crippen LogP contribution is 2.28. The first-order chi connectivity index (χ1) is 15.1. The van der Waals surface area contributed by atoms with Crippen molar-refractivity contribution in [1.29, 1.82) is 0 Å². The fourth-order valence-electron chi connectivity index (χ4n) is 2.66. The maximum absolute atomic E-state index is 12.2. The minimum atomic E-state index is -0.268. The zero-order chi connectivity index (χ0) is 22.1. The van der Waals surface area contributed by atoms with Crippen LogP contribution < -0.4 is 20.2 Å². The summed E-state index contributed by atoms with van der Waals surface area (Å²) >= 11 is 1.34. The van der Waals surface area contributed by atoms with E-state index in [9.17, 15) is 9.59 Å². The summed E-state index contributed by atoms with van der Waals surface area (Å²) in [4.78, 5) is 24.7. The minimum Gasteiger partial charge on any atom is -0.490 e. The lowest BCUT2D eigenvalue weighted by molar-refractivity contribution is -0.118. The normalized spacial score (nSPS) is 10.6. The number of ether oxygens (including phenoxy) is 2. The van der Waals surface area contributed by atoms with Crippen LogP contribution >= 0.6 is 11.3 Å². The molecule has 0 aliphatic carbocycles. The molecule has 160 valence electrons. The number of carbonyl (C=O) groups is 2. The van der Waals surface area contributed by atoms with Gasteiger partial charge in [-0.25, -0.2) is 5.43 Å². The number of aryl methyl sites for hydroxylation is 1. The van der Waals surface area contributed by atoms with Crippen LogP contribution in [0.2, 0.25) is 0 Å². The highest BCUT2D eigenvalue weighted by Gasteiger charge is 2.10. The number of nitrogens with one attached hydrogen (secondary N) is 2. The summed E-state index contributed by atoms with van der Waals surface area (Å²) in [6, 6.07) is 16.3. The maximum Gasteiger partial charge on any atom is 0.281 e. The lowest BCUT2D eigenvalue weighted by atomic mass is 10.2. The molecule has 3 rings (SSSR count). The van der Waals surface area contributed by atoms with Crippen LogP contribution in [0, 0.1) is 6.92 Å². The van der Waals surface area contributed by atoms with Gasteiger partial charge in [0.1, 0.15) is 0 Å². The molecule has 0 bridgehead atoms. The van der Waals surface area contributed by atoms with Gasteiger partial charge in [-0.05, 0) is 60.7 Å². The maximum atomic E-state index is 12.2. The highest BCUT2D eigenvalue weighted by molar-refractivity contribution is 7.12. The summed E-state index contributed by atoms with van der Waals surface area (Å²) in [6.07, 6.45) is 1.52. The molecule has 1 heterocycles. The summed E-state index contributed by atoms with van der Waals surface area (Å²) in [5.74, 6) is 0.399. The average Bonchev–Trinajstić information content (AvgIpc) is 3.30. The van der Waals surface area contributed by atoms with Gasteiger partial charge in [0, 0.05) is 5.69 Å². The molecular weight excluding hydrogens is 414 g/mol. The SMILES string of the molecule is CCOc1cc(/C=N/NC(=O)c2cccs2)ccc1OCC(=O)Nc1ccccc1C. The molecule has 0 radical (unpaired) electrons. The number of benzene rings is 2. The highest BCUT2D eigenvalue weighted by atomic mass is 32.1. The van der Waals surface area contributed by atoms with E-state index in [1.807, 2.05) is 43.5 Å². The largest absolute Gasteiger partial charge is 0.490 e. The minimum absolute atomic E-state index is 0.154. The number of hydrogen-bond acceptors (Lipinski definition) is 6. The molecule has 2 N–H and O–H groups in total. The Hall–Kier alpha value is -3.65. The fraction of sp³-hybridized carbons (Fsp3) is 0.174. The van der Waals surface area contributed by atoms with Crippen molar-refractivity contribution in [2.75, 3.05) is 18.5 Å². The van der Waals surface area contributed by atoms with Crippen molar-refractivity contribution in [3.63, 3.8) is 0 Å². The Morgan fingerprint density at radius 2 is 1.90 bits per heavy atom. The molecule has 0 fully saturated rings. The number of nitrogens with zero attached hydrogens (tertiary/aromatic N) is 1. The van der Waals surface area contributed by atoms with E-state index >= 15 is 0 Å². The lowest BCUT2D eigenvalue weighted by Gasteiger charge is -2.13. The molecule has 0 aliphatic rings. The van der Waals surface area contributed by atoms with E-state index in [-0.39, 0.29) is 18.4 Å². The van der Waals surface area contributed by atoms with Crippen molar-refractivity contribution in [1.82, 2.24) is 5.43 Å². The van der Waals surface area contributed by atoms with Gasteiger partial charge >= 0.3 is 0 Å². The Morgan fingerprint density at radius 1 is 1.06 bits per heavy atom. The molecule has 0 saturated carbocycles. The molecule has 2 amide bonds. The summed E-state index contributed by atoms with van der Waals surface area (Å²) in [5.41, 5.74) is 4.92. The zero-order valence-corrected chi connectivity index (χ0v) is 18.1. The molecule has 3 aromatic rings. The average molecular weight is 438 g/mol. The van der Waals surface area contributed by atoms with Gasteiger partial charge in [-0.2, -0.15) is 5.10 Å². The number of anilines is 1. The second-order valence-electron chi connectivity index (χ2n) is 6.47. The Balaban J connectivity index is 1.60. The molecule has 0 saturated heterocycles. The standard InChI is InChI=1S/C23H23N3O4S/c1-3-29-20-13-17(14-24-26-23(28)21-9-6-12-31-21)10-11-19(20)30-15-22(27)25-18-8-5-4-7-16(18)2/h4-14H,3,15H2,1-2H3,(H,25,27)(H,26,28)/b24-14+. The van der Waals surface area contributed by atoms with Crippen molar-refractivity contribution in [2.45, 2.75) is 13.8 Å². The van der Waals surface area contributed by atoms with Crippen molar-refractivity contribution >= 4 is 35.1 Å². The number of carbonyl (C=O) groups excluding carboxylic acids is 2. The monoisotopic (exact) mass is 437 g/mol. The van der Waals surface area contributed by atoms with Gasteiger partial charge in [0.05, 0.1) is 17.7 Å². The fourth-order valence-corrected chi connectivity index (χ4v) is 3.28. The topological polar surface area (TPSA) is 89.0 Å². The molecule has 0 spiro atoms. The quantitative estimate of drug-likeness (QED) is 0.387. The third-order valence-corrected chi connectivity index (χ3v) is 5.04. The molecule has 0 unspecified atom stereocenters. The van der Waals surface area contributed by atoms with Crippen LogP contribution in [0.1, 0.15) is 27.7 Å². The molecule has 31 heavy (non-hydrogen) atoms. The predicted molar refractivity (Wildman–Crippen MR) is 122 cm³/mol. The lowest BCUT2D eigenvalue weighted by Crippen LogP contribution is -2.20. The summed E-state index contributed by atoms with van der Waals surface area (Å²) in [6.45, 7) is 4.06. The molecule has 2 aromatic carbocycles. The number of rotatable bonds is 9. The smallest absolute Gasteiger partial charge is 0.281 e. The van der Waals surface area contributed by atoms with Gasteiger partial charge in [-0.15, -0.1) is 11.3 Å². The van der Waals surface area contributed by atoms with Crippen LogP contribution in [0.5, 0.6) is 11.5 Å². The molecule has 7 nitrogen and oxygen atoms in total. The van der Waals surface area contributed by atoms with E-state index in [1.54, 1.807) is 30.3 Å². The van der Waals surface area contributed by atoms with Gasteiger partial charge in [-0.3, -0.25) is 9.59 Å². The first kappa shape index (κ1) is 22.0. The predicted octanol–water partition coefficient (Wildman–Crippen LogP) is 4.24. The van der Waals surface area contributed by atoms with E-state index < -0.39 is 0 Å². The van der Waals surface area contributed by atoms with E-state index in [2.05, 4.69) is 15.8 Å². The van der Waals surface area contributed by atoms with E-state index in [0.717, 1.165) is 11.3 Å². The van der Waals surface area contributed by atoms with Crippen molar-refractivity contribution in [3.8, 4) is 11.5 Å². The van der Waals surface area contributed by atoms with Crippen LogP contribution in [-0.2, 0) is 4.79 Å². The van der Waals surface area contributed by atoms with Crippen LogP contribution in [0.3, 0.4) is 0 Å². The van der Waals surface area contributed by atoms with Gasteiger partial charge in [-0.1, -0.05) is 24.3 Å². The number of hydrazone groups is 1. The van der Waals surface area contributed by atoms with E-state index in [4.69, 9.17) is 9.47 Å². The summed E-state index contributed by atoms with van der Waals surface area (Å²) in [7, 11) is 0. The Kier molecular flexibility index (Phi) is 7.78. The van der Waals surface area contributed by atoms with Gasteiger partial charge in [0.25, 0.3) is 11.8 Å². The van der Waals surface area contributed by atoms with Crippen LogP contribution in [0.15, 0.2) is 65.1 Å². The summed E-state index contributed by atoms with van der Waals surface area (Å²) in [5, 5.41) is 8.63. The molecular formula is C23H23N3O4S. The van der Waals surface area contributed by atoms with E-state index in [1.165, 1.54) is 17.6 Å². The summed E-state index contributed by atoms with van der Waals surface area (Å²) < 4.78 is 11.3. The molecule has 0 atom stereocenters. The van der Waals surface area contributed by atoms with Crippen molar-refractivity contribution < 1.29 is 19.1 Å². The third kappa shape index (κ3) is 6.42. The zero-order valence-electron chi connectivity index (χ0n) is 17.3. The van der Waals surface area contributed by atoms with Crippen LogP contribution in [0.4, 0.5) is 5.69 Å². The Bertz CT molecular complexity index is 1060. The van der Waals surface area contributed by atoms with Crippen LogP contribution in [-0.4, -0.2) is 31.2 Å². The van der Waals surface area contributed by atoms with Gasteiger partial charge in [0.15, 0.2) is 18.1 Å². The van der Waals surface area contributed by atoms with Crippen molar-refractivity contribution in [3.05, 3.63) is 76.0 Å². The Morgan fingerprint density at radius 3 is 2.65 bits per heavy atom. The van der Waals surface area contributed by atoms with E-state index in [0.29, 0.717) is 28.5 Å². The third-order valence-electron chi connectivity index (χ3n) is 4.17. The Labute approximate surface area is 184 Å². The first-order valence-corrected chi connectivity index (χ1v) is 10.6. The molecule has 1 aromatic heterocycles. The van der Waals surface area contributed by atoms with Gasteiger partial charge < -0.3 is 14.8 Å². The number of para-hydroxylation sites is 1. The number of thiophene rings is 1. The first-order valence-electron chi connectivity index (χ1n) is 9.69. The number of hydrogen-bond donors (Lipinski definition) is 2.